The molecule has 2 aromatic heterocycles. The summed E-state index contributed by atoms with van der Waals surface area (Å²) in [6, 6.07) is 7.91. The second-order valence-electron chi connectivity index (χ2n) is 7.15. The number of anilines is 1. The molecule has 1 aromatic carbocycles. The Labute approximate surface area is 160 Å². The maximum atomic E-state index is 12.6. The number of benzene rings is 1. The highest BCUT2D eigenvalue weighted by Gasteiger charge is 2.25. The van der Waals surface area contributed by atoms with Crippen LogP contribution in [0.3, 0.4) is 0 Å². The van der Waals surface area contributed by atoms with E-state index in [4.69, 9.17) is 20.3 Å². The Hall–Kier alpha value is -2.75. The second kappa shape index (κ2) is 7.01. The first-order valence-electron chi connectivity index (χ1n) is 9.53. The first kappa shape index (κ1) is 17.4. The molecule has 4 N–H and O–H groups in total. The van der Waals surface area contributed by atoms with Gasteiger partial charge in [0.25, 0.3) is 5.56 Å². The molecule has 2 saturated heterocycles. The van der Waals surface area contributed by atoms with E-state index in [9.17, 15) is 4.79 Å². The van der Waals surface area contributed by atoms with Crippen LogP contribution in [0.2, 0.25) is 0 Å². The van der Waals surface area contributed by atoms with Crippen LogP contribution in [0.5, 0.6) is 0 Å². The lowest BCUT2D eigenvalue weighted by molar-refractivity contribution is -0.0441. The third-order valence-corrected chi connectivity index (χ3v) is 5.35. The van der Waals surface area contributed by atoms with Gasteiger partial charge in [-0.25, -0.2) is 5.10 Å². The Morgan fingerprint density at radius 1 is 1.18 bits per heavy atom. The fraction of sp³-hybridized carbons (Fsp3) is 0.421. The predicted octanol–water partition coefficient (Wildman–Crippen LogP) is 1.34. The van der Waals surface area contributed by atoms with Gasteiger partial charge >= 0.3 is 0 Å². The van der Waals surface area contributed by atoms with Gasteiger partial charge in [-0.1, -0.05) is 24.3 Å². The molecule has 28 heavy (non-hydrogen) atoms. The molecule has 0 aliphatic carbocycles. The molecule has 5 rings (SSSR count). The molecule has 9 heteroatoms. The number of ether oxygens (including phenoxy) is 2. The normalized spacial score (nSPS) is 20.8. The van der Waals surface area contributed by atoms with Crippen LogP contribution in [-0.2, 0) is 9.47 Å². The molecule has 0 radical (unpaired) electrons. The number of aromatic amines is 1. The molecule has 3 aromatic rings. The van der Waals surface area contributed by atoms with E-state index in [2.05, 4.69) is 15.5 Å². The van der Waals surface area contributed by atoms with Gasteiger partial charge in [-0.05, 0) is 19.4 Å². The molecular weight excluding hydrogens is 360 g/mol. The number of nitrogens with two attached hydrogens (primary N) is 1. The SMILES string of the molecule is Nc1n[nH]c(=O)c2c1c(-c1ccc(C3OCCO3)cc1)nn2C1CCCNC1. The standard InChI is InChI=1S/C19H22N6O3/c20-17-14-15(11-3-5-12(6-4-11)19-27-8-9-28-19)24-25(13-2-1-7-21-10-13)16(14)18(26)23-22-17/h3-6,13,19,21H,1-2,7-10H2,(H2,20,22)(H,23,26). The van der Waals surface area contributed by atoms with Crippen molar-refractivity contribution < 1.29 is 9.47 Å². The summed E-state index contributed by atoms with van der Waals surface area (Å²) in [5, 5.41) is 15.2. The van der Waals surface area contributed by atoms with Crippen molar-refractivity contribution in [3.63, 3.8) is 0 Å². The van der Waals surface area contributed by atoms with Crippen LogP contribution >= 0.6 is 0 Å². The number of hydrogen-bond acceptors (Lipinski definition) is 7. The van der Waals surface area contributed by atoms with Gasteiger partial charge in [0.1, 0.15) is 11.2 Å². The number of piperidine rings is 1. The van der Waals surface area contributed by atoms with Crippen molar-refractivity contribution in [2.24, 2.45) is 0 Å². The molecule has 9 nitrogen and oxygen atoms in total. The fourth-order valence-corrected chi connectivity index (χ4v) is 3.97. The van der Waals surface area contributed by atoms with Crippen LogP contribution in [0.1, 0.15) is 30.7 Å². The summed E-state index contributed by atoms with van der Waals surface area (Å²) in [4.78, 5) is 12.6. The Kier molecular flexibility index (Phi) is 4.34. The summed E-state index contributed by atoms with van der Waals surface area (Å²) < 4.78 is 12.9. The van der Waals surface area contributed by atoms with Gasteiger partial charge < -0.3 is 20.5 Å². The van der Waals surface area contributed by atoms with Crippen molar-refractivity contribution >= 4 is 16.7 Å². The topological polar surface area (TPSA) is 120 Å². The van der Waals surface area contributed by atoms with Gasteiger partial charge in [-0.15, -0.1) is 0 Å². The van der Waals surface area contributed by atoms with Crippen molar-refractivity contribution in [3.8, 4) is 11.3 Å². The van der Waals surface area contributed by atoms with Crippen LogP contribution in [0.25, 0.3) is 22.2 Å². The van der Waals surface area contributed by atoms with E-state index in [-0.39, 0.29) is 23.7 Å². The van der Waals surface area contributed by atoms with E-state index in [1.165, 1.54) is 0 Å². The molecule has 0 amide bonds. The Morgan fingerprint density at radius 2 is 1.96 bits per heavy atom. The summed E-state index contributed by atoms with van der Waals surface area (Å²) in [6.45, 7) is 2.95. The summed E-state index contributed by atoms with van der Waals surface area (Å²) >= 11 is 0. The van der Waals surface area contributed by atoms with Gasteiger partial charge in [0.05, 0.1) is 24.6 Å². The number of nitrogens with one attached hydrogen (secondary N) is 2. The average Bonchev–Trinajstić information content (AvgIpc) is 3.40. The average molecular weight is 382 g/mol. The second-order valence-corrected chi connectivity index (χ2v) is 7.15. The quantitative estimate of drug-likeness (QED) is 0.625. The minimum absolute atomic E-state index is 0.104. The summed E-state index contributed by atoms with van der Waals surface area (Å²) in [7, 11) is 0. The number of nitrogen functional groups attached to an aromatic ring is 1. The molecule has 1 atom stereocenters. The lowest BCUT2D eigenvalue weighted by atomic mass is 10.1. The Morgan fingerprint density at radius 3 is 2.68 bits per heavy atom. The third kappa shape index (κ3) is 2.88. The zero-order valence-corrected chi connectivity index (χ0v) is 15.4. The van der Waals surface area contributed by atoms with E-state index in [0.29, 0.717) is 29.8 Å². The molecule has 0 saturated carbocycles. The fourth-order valence-electron chi connectivity index (χ4n) is 3.97. The van der Waals surface area contributed by atoms with Crippen LogP contribution in [0.15, 0.2) is 29.1 Å². The van der Waals surface area contributed by atoms with Gasteiger partial charge in [0.15, 0.2) is 12.1 Å². The molecule has 0 bridgehead atoms. The maximum Gasteiger partial charge on any atom is 0.290 e. The predicted molar refractivity (Wildman–Crippen MR) is 104 cm³/mol. The third-order valence-electron chi connectivity index (χ3n) is 5.35. The lowest BCUT2D eigenvalue weighted by Gasteiger charge is -2.23. The highest BCUT2D eigenvalue weighted by Crippen LogP contribution is 2.33. The summed E-state index contributed by atoms with van der Waals surface area (Å²) in [5.74, 6) is 0.270. The van der Waals surface area contributed by atoms with Crippen LogP contribution in [0, 0.1) is 0 Å². The highest BCUT2D eigenvalue weighted by molar-refractivity contribution is 5.99. The number of rotatable bonds is 3. The Balaban J connectivity index is 1.62. The van der Waals surface area contributed by atoms with Crippen molar-refractivity contribution in [1.29, 1.82) is 0 Å². The van der Waals surface area contributed by atoms with E-state index >= 15 is 0 Å². The van der Waals surface area contributed by atoms with Crippen LogP contribution in [-0.4, -0.2) is 46.3 Å². The first-order valence-corrected chi connectivity index (χ1v) is 9.53. The molecule has 2 fully saturated rings. The number of H-pyrrole nitrogens is 1. The Bertz CT molecular complexity index is 1050. The molecule has 1 unspecified atom stereocenters. The van der Waals surface area contributed by atoms with Gasteiger partial charge in [0.2, 0.25) is 0 Å². The minimum atomic E-state index is -0.328. The highest BCUT2D eigenvalue weighted by atomic mass is 16.7. The largest absolute Gasteiger partial charge is 0.382 e. The van der Waals surface area contributed by atoms with Gasteiger partial charge in [-0.2, -0.15) is 10.2 Å². The molecule has 2 aliphatic rings. The first-order chi connectivity index (χ1) is 13.7. The zero-order chi connectivity index (χ0) is 19.1. The number of fused-ring (bicyclic) bond motifs is 1. The summed E-state index contributed by atoms with van der Waals surface area (Å²) in [5.41, 5.74) is 8.82. The van der Waals surface area contributed by atoms with Crippen molar-refractivity contribution in [2.45, 2.75) is 25.2 Å². The molecule has 0 spiro atoms. The number of hydrogen-bond donors (Lipinski definition) is 3. The number of aromatic nitrogens is 4. The van der Waals surface area contributed by atoms with Crippen molar-refractivity contribution in [2.75, 3.05) is 32.0 Å². The van der Waals surface area contributed by atoms with Gasteiger partial charge in [-0.3, -0.25) is 9.48 Å². The maximum absolute atomic E-state index is 12.6. The summed E-state index contributed by atoms with van der Waals surface area (Å²) in [6.07, 6.45) is 1.67. The molecule has 2 aliphatic heterocycles. The van der Waals surface area contributed by atoms with Crippen molar-refractivity contribution in [3.05, 3.63) is 40.2 Å². The van der Waals surface area contributed by atoms with E-state index in [0.717, 1.165) is 37.1 Å². The number of nitrogens with zero attached hydrogens (tertiary/aromatic N) is 3. The lowest BCUT2D eigenvalue weighted by Crippen LogP contribution is -2.33. The molecular formula is C19H22N6O3. The van der Waals surface area contributed by atoms with Crippen molar-refractivity contribution in [1.82, 2.24) is 25.3 Å². The zero-order valence-electron chi connectivity index (χ0n) is 15.4. The van der Waals surface area contributed by atoms with Crippen LogP contribution in [0.4, 0.5) is 5.82 Å². The smallest absolute Gasteiger partial charge is 0.290 e. The van der Waals surface area contributed by atoms with E-state index in [1.807, 2.05) is 28.9 Å². The van der Waals surface area contributed by atoms with Crippen LogP contribution < -0.4 is 16.6 Å². The van der Waals surface area contributed by atoms with Gasteiger partial charge in [0, 0.05) is 17.7 Å². The molecule has 146 valence electrons. The minimum Gasteiger partial charge on any atom is -0.382 e. The molecule has 4 heterocycles. The monoisotopic (exact) mass is 382 g/mol. The van der Waals surface area contributed by atoms with E-state index < -0.39 is 0 Å². The van der Waals surface area contributed by atoms with E-state index in [1.54, 1.807) is 0 Å².